The van der Waals surface area contributed by atoms with Gasteiger partial charge in [-0.1, -0.05) is 65.8 Å². The molecule has 1 aromatic heterocycles. The van der Waals surface area contributed by atoms with Crippen LogP contribution in [-0.4, -0.2) is 0 Å². The summed E-state index contributed by atoms with van der Waals surface area (Å²) >= 11 is 0. The van der Waals surface area contributed by atoms with Gasteiger partial charge in [0.05, 0.1) is 0 Å². The first kappa shape index (κ1) is 24.5. The first-order chi connectivity index (χ1) is 11.1. The highest BCUT2D eigenvalue weighted by Crippen LogP contribution is 2.22. The van der Waals surface area contributed by atoms with E-state index in [-0.39, 0.29) is 7.43 Å². The topological polar surface area (TPSA) is 43.4 Å². The lowest BCUT2D eigenvalue weighted by Crippen LogP contribution is -1.85. The van der Waals surface area contributed by atoms with Crippen LogP contribution in [0.2, 0.25) is 0 Å². The van der Waals surface area contributed by atoms with E-state index < -0.39 is 5.82 Å². The lowest BCUT2D eigenvalue weighted by atomic mass is 10.1. The third kappa shape index (κ3) is 7.67. The fourth-order valence-electron chi connectivity index (χ4n) is 2.40. The predicted octanol–water partition coefficient (Wildman–Crippen LogP) is 6.28. The van der Waals surface area contributed by atoms with Gasteiger partial charge in [-0.15, -0.1) is 0 Å². The average molecular weight is 337 g/mol. The van der Waals surface area contributed by atoms with Crippen molar-refractivity contribution in [1.82, 2.24) is 0 Å². The van der Waals surface area contributed by atoms with Crippen LogP contribution in [0.5, 0.6) is 0 Å². The van der Waals surface area contributed by atoms with Gasteiger partial charge < -0.3 is 8.83 Å². The van der Waals surface area contributed by atoms with E-state index in [0.29, 0.717) is 17.9 Å². The summed E-state index contributed by atoms with van der Waals surface area (Å²) in [6, 6.07) is 6.81. The van der Waals surface area contributed by atoms with Crippen LogP contribution in [-0.2, 0) is 19.3 Å². The molecule has 0 N–H and O–H groups in total. The molecule has 0 spiro atoms. The number of hydrogen-bond donors (Lipinski definition) is 0. The van der Waals surface area contributed by atoms with Crippen LogP contribution in [0.4, 0.5) is 0 Å². The van der Waals surface area contributed by atoms with E-state index in [4.69, 9.17) is 0 Å². The maximum Gasteiger partial charge on any atom is 0.519 e. The largest absolute Gasteiger partial charge is 0.519 e. The predicted molar refractivity (Wildman–Crippen MR) is 104 cm³/mol. The van der Waals surface area contributed by atoms with Gasteiger partial charge in [-0.25, -0.2) is 4.79 Å². The van der Waals surface area contributed by atoms with Gasteiger partial charge in [0.25, 0.3) is 0 Å². The monoisotopic (exact) mass is 336 g/mol. The molecule has 0 fully saturated rings. The molecule has 1 aliphatic carbocycles. The Morgan fingerprint density at radius 1 is 0.958 bits per heavy atom. The van der Waals surface area contributed by atoms with Gasteiger partial charge in [-0.2, -0.15) is 0 Å². The molecule has 0 unspecified atom stereocenters. The number of fused-ring (bicyclic) bond motifs is 1. The summed E-state index contributed by atoms with van der Waals surface area (Å²) in [7, 11) is 0. The summed E-state index contributed by atoms with van der Waals surface area (Å²) in [5, 5.41) is 0. The van der Waals surface area contributed by atoms with Crippen LogP contribution in [0, 0.1) is 13.8 Å². The quantitative estimate of drug-likeness (QED) is 0.616. The van der Waals surface area contributed by atoms with E-state index >= 15 is 0 Å². The number of benzene rings is 1. The second-order valence-corrected chi connectivity index (χ2v) is 4.91. The van der Waals surface area contributed by atoms with Crippen molar-refractivity contribution >= 4 is 0 Å². The molecule has 1 aromatic carbocycles. The summed E-state index contributed by atoms with van der Waals surface area (Å²) in [5.41, 5.74) is 4.56. The highest BCUT2D eigenvalue weighted by atomic mass is 16.6. The maximum absolute atomic E-state index is 10.3. The summed E-state index contributed by atoms with van der Waals surface area (Å²) in [4.78, 5) is 10.3. The molecule has 0 atom stereocenters. The van der Waals surface area contributed by atoms with E-state index in [2.05, 4.69) is 34.0 Å². The number of rotatable bonds is 1. The standard InChI is InChI=1S/C10H12.C6H8O3.2C2H6.CH4/c1-8-5-6-9-3-2-4-10(9)7-8;1-3-5-4(2)8-6(7)9-5;2*1-2;/h5-7H,2-4H2,1H3;3H2,1-2H3;2*1-2H3;1H4. The second kappa shape index (κ2) is 13.6. The highest BCUT2D eigenvalue weighted by molar-refractivity contribution is 5.34. The summed E-state index contributed by atoms with van der Waals surface area (Å²) < 4.78 is 9.22. The summed E-state index contributed by atoms with van der Waals surface area (Å²) in [6.45, 7) is 13.8. The Labute approximate surface area is 148 Å². The molecular weight excluding hydrogens is 300 g/mol. The van der Waals surface area contributed by atoms with Crippen molar-refractivity contribution in [3.8, 4) is 0 Å². The van der Waals surface area contributed by atoms with Gasteiger partial charge in [0.2, 0.25) is 0 Å². The molecule has 1 aliphatic rings. The third-order valence-corrected chi connectivity index (χ3v) is 3.41. The first-order valence-electron chi connectivity index (χ1n) is 8.78. The molecule has 0 saturated carbocycles. The lowest BCUT2D eigenvalue weighted by molar-refractivity contribution is 0.370. The molecule has 2 aromatic rings. The number of hydrogen-bond acceptors (Lipinski definition) is 3. The zero-order valence-electron chi connectivity index (χ0n) is 15.8. The molecule has 138 valence electrons. The molecule has 3 nitrogen and oxygen atoms in total. The Kier molecular flexibility index (Phi) is 13.9. The van der Waals surface area contributed by atoms with E-state index in [1.54, 1.807) is 18.1 Å². The minimum atomic E-state index is -0.607. The summed E-state index contributed by atoms with van der Waals surface area (Å²) in [6.07, 6.45) is 4.67. The van der Waals surface area contributed by atoms with Crippen LogP contribution in [0.1, 0.15) is 76.7 Å². The SMILES string of the molecule is C.CC.CC.CCc1oc(=O)oc1C.Cc1ccc2c(c1)CCC2. The maximum atomic E-state index is 10.3. The van der Waals surface area contributed by atoms with E-state index in [0.717, 1.165) is 0 Å². The Morgan fingerprint density at radius 3 is 2.00 bits per heavy atom. The van der Waals surface area contributed by atoms with Crippen LogP contribution in [0.3, 0.4) is 0 Å². The number of aryl methyl sites for hydroxylation is 5. The molecule has 3 rings (SSSR count). The van der Waals surface area contributed by atoms with Gasteiger partial charge in [-0.05, 0) is 44.2 Å². The molecule has 0 amide bonds. The Bertz CT molecular complexity index is 606. The van der Waals surface area contributed by atoms with E-state index in [9.17, 15) is 4.79 Å². The van der Waals surface area contributed by atoms with E-state index in [1.807, 2.05) is 34.6 Å². The Balaban J connectivity index is 0. The van der Waals surface area contributed by atoms with E-state index in [1.165, 1.54) is 24.8 Å². The van der Waals surface area contributed by atoms with Crippen molar-refractivity contribution < 1.29 is 8.83 Å². The van der Waals surface area contributed by atoms with Crippen LogP contribution in [0.25, 0.3) is 0 Å². The highest BCUT2D eigenvalue weighted by Gasteiger charge is 2.08. The first-order valence-corrected chi connectivity index (χ1v) is 8.78. The molecular formula is C21H36O3. The molecule has 0 aliphatic heterocycles. The minimum Gasteiger partial charge on any atom is -0.396 e. The second-order valence-electron chi connectivity index (χ2n) is 4.91. The van der Waals surface area contributed by atoms with Crippen LogP contribution < -0.4 is 5.82 Å². The van der Waals surface area contributed by atoms with Gasteiger partial charge >= 0.3 is 5.82 Å². The van der Waals surface area contributed by atoms with Gasteiger partial charge in [0, 0.05) is 6.42 Å². The molecule has 0 radical (unpaired) electrons. The normalized spacial score (nSPS) is 10.6. The smallest absolute Gasteiger partial charge is 0.396 e. The fraction of sp³-hybridized carbons (Fsp3) is 0.571. The zero-order valence-corrected chi connectivity index (χ0v) is 15.8. The van der Waals surface area contributed by atoms with Crippen molar-refractivity contribution in [2.45, 2.75) is 81.6 Å². The summed E-state index contributed by atoms with van der Waals surface area (Å²) in [5.74, 6) is 0.617. The van der Waals surface area contributed by atoms with Crippen LogP contribution >= 0.6 is 0 Å². The Morgan fingerprint density at radius 2 is 1.54 bits per heavy atom. The van der Waals surface area contributed by atoms with Crippen LogP contribution in [0.15, 0.2) is 31.8 Å². The molecule has 24 heavy (non-hydrogen) atoms. The minimum absolute atomic E-state index is 0. The zero-order chi connectivity index (χ0) is 17.8. The van der Waals surface area contributed by atoms with Crippen molar-refractivity contribution in [3.63, 3.8) is 0 Å². The van der Waals surface area contributed by atoms with Gasteiger partial charge in [0.1, 0.15) is 11.5 Å². The van der Waals surface area contributed by atoms with Crippen molar-refractivity contribution in [2.24, 2.45) is 0 Å². The third-order valence-electron chi connectivity index (χ3n) is 3.41. The van der Waals surface area contributed by atoms with Crippen molar-refractivity contribution in [2.75, 3.05) is 0 Å². The molecule has 1 heterocycles. The van der Waals surface area contributed by atoms with Crippen molar-refractivity contribution in [1.29, 1.82) is 0 Å². The molecule has 3 heteroatoms. The van der Waals surface area contributed by atoms with Gasteiger partial charge in [-0.3, -0.25) is 0 Å². The van der Waals surface area contributed by atoms with Gasteiger partial charge in [0.15, 0.2) is 0 Å². The molecule has 0 saturated heterocycles. The lowest BCUT2D eigenvalue weighted by Gasteiger charge is -1.98. The fourth-order valence-corrected chi connectivity index (χ4v) is 2.40. The van der Waals surface area contributed by atoms with Crippen molar-refractivity contribution in [3.05, 3.63) is 57.0 Å². The molecule has 0 bridgehead atoms. The average Bonchev–Trinajstić information content (AvgIpc) is 3.16. The Hall–Kier alpha value is -1.77.